The van der Waals surface area contributed by atoms with Crippen molar-refractivity contribution in [3.8, 4) is 0 Å². The fourth-order valence-corrected chi connectivity index (χ4v) is 4.48. The first-order valence-corrected chi connectivity index (χ1v) is 9.61. The molecule has 1 saturated carbocycles. The number of hydrogen-bond donors (Lipinski definition) is 0. The summed E-state index contributed by atoms with van der Waals surface area (Å²) in [4.78, 5) is 0. The fourth-order valence-electron chi connectivity index (χ4n) is 4.48. The summed E-state index contributed by atoms with van der Waals surface area (Å²) in [6.45, 7) is 6.24. The van der Waals surface area contributed by atoms with E-state index in [4.69, 9.17) is 0 Å². The average Bonchev–Trinajstić information content (AvgIpc) is 2.58. The quantitative estimate of drug-likeness (QED) is 0.544. The molecule has 1 atom stereocenters. The summed E-state index contributed by atoms with van der Waals surface area (Å²) in [7, 11) is 0. The molecule has 0 heterocycles. The van der Waals surface area contributed by atoms with Gasteiger partial charge in [-0.1, -0.05) is 61.8 Å². The lowest BCUT2D eigenvalue weighted by atomic mass is 9.71. The van der Waals surface area contributed by atoms with Gasteiger partial charge in [-0.15, -0.1) is 6.58 Å². The van der Waals surface area contributed by atoms with Crippen molar-refractivity contribution in [2.45, 2.75) is 64.7 Å². The Bertz CT molecular complexity index is 526. The van der Waals surface area contributed by atoms with Crippen LogP contribution in [0, 0.1) is 17.8 Å². The van der Waals surface area contributed by atoms with Crippen LogP contribution in [0.1, 0.15) is 63.0 Å². The molecule has 0 N–H and O–H groups in total. The molecule has 2 aliphatic carbocycles. The van der Waals surface area contributed by atoms with E-state index in [9.17, 15) is 0 Å². The molecule has 0 aliphatic heterocycles. The minimum absolute atomic E-state index is 0.973. The average molecular weight is 309 g/mol. The Labute approximate surface area is 142 Å². The van der Waals surface area contributed by atoms with Crippen molar-refractivity contribution in [1.29, 1.82) is 0 Å². The second kappa shape index (κ2) is 7.99. The number of allylic oxidation sites excluding steroid dienone is 3. The Kier molecular flexibility index (Phi) is 5.75. The largest absolute Gasteiger partial charge is 0.103 e. The van der Waals surface area contributed by atoms with E-state index in [2.05, 4.69) is 43.8 Å². The van der Waals surface area contributed by atoms with Gasteiger partial charge in [0.1, 0.15) is 0 Å². The summed E-state index contributed by atoms with van der Waals surface area (Å²) >= 11 is 0. The zero-order valence-electron chi connectivity index (χ0n) is 14.8. The van der Waals surface area contributed by atoms with E-state index < -0.39 is 0 Å². The molecular formula is C23H32. The second-order valence-electron chi connectivity index (χ2n) is 7.90. The Morgan fingerprint density at radius 3 is 2.26 bits per heavy atom. The van der Waals surface area contributed by atoms with Crippen molar-refractivity contribution < 1.29 is 0 Å². The summed E-state index contributed by atoms with van der Waals surface area (Å²) in [5.41, 5.74) is 4.50. The van der Waals surface area contributed by atoms with Gasteiger partial charge in [-0.2, -0.15) is 0 Å². The summed E-state index contributed by atoms with van der Waals surface area (Å²) in [5.74, 6) is 2.97. The summed E-state index contributed by atoms with van der Waals surface area (Å²) in [6.07, 6.45) is 16.7. The van der Waals surface area contributed by atoms with E-state index in [1.165, 1.54) is 56.1 Å². The molecule has 1 unspecified atom stereocenters. The molecular weight excluding hydrogens is 276 g/mol. The zero-order chi connectivity index (χ0) is 16.1. The number of hydrogen-bond acceptors (Lipinski definition) is 0. The molecule has 0 amide bonds. The van der Waals surface area contributed by atoms with Crippen LogP contribution in [0.2, 0.25) is 0 Å². The Morgan fingerprint density at radius 2 is 1.65 bits per heavy atom. The highest BCUT2D eigenvalue weighted by Crippen LogP contribution is 2.39. The lowest BCUT2D eigenvalue weighted by Crippen LogP contribution is -2.22. The maximum absolute atomic E-state index is 3.81. The molecule has 0 bridgehead atoms. The van der Waals surface area contributed by atoms with Crippen LogP contribution in [0.5, 0.6) is 0 Å². The van der Waals surface area contributed by atoms with Gasteiger partial charge >= 0.3 is 0 Å². The van der Waals surface area contributed by atoms with Gasteiger partial charge in [0.15, 0.2) is 0 Å². The minimum Gasteiger partial charge on any atom is -0.103 e. The third kappa shape index (κ3) is 4.59. The van der Waals surface area contributed by atoms with Crippen LogP contribution in [0.4, 0.5) is 0 Å². The molecule has 0 spiro atoms. The van der Waals surface area contributed by atoms with E-state index in [1.54, 1.807) is 5.57 Å². The fraction of sp³-hybridized carbons (Fsp3) is 0.565. The highest BCUT2D eigenvalue weighted by Gasteiger charge is 2.27. The second-order valence-corrected chi connectivity index (χ2v) is 7.90. The van der Waals surface area contributed by atoms with Crippen LogP contribution in [0.25, 0.3) is 0 Å². The third-order valence-electron chi connectivity index (χ3n) is 6.11. The van der Waals surface area contributed by atoms with Crippen molar-refractivity contribution in [3.63, 3.8) is 0 Å². The molecule has 124 valence electrons. The maximum Gasteiger partial charge on any atom is -0.00671 e. The van der Waals surface area contributed by atoms with E-state index in [1.807, 2.05) is 6.08 Å². The standard InChI is InChI=1S/C23H32/c1-3-4-19-7-9-20(10-8-19)17-21-11-15-23(16-12-21)22-13-5-18(2)6-14-22/h3,7-11,18,22-23H,1,4-6,12-17H2,2H3. The van der Waals surface area contributed by atoms with Crippen molar-refractivity contribution in [1.82, 2.24) is 0 Å². The summed E-state index contributed by atoms with van der Waals surface area (Å²) < 4.78 is 0. The van der Waals surface area contributed by atoms with E-state index in [0.717, 1.165) is 30.6 Å². The lowest BCUT2D eigenvalue weighted by Gasteiger charge is -2.34. The molecule has 0 saturated heterocycles. The molecule has 23 heavy (non-hydrogen) atoms. The van der Waals surface area contributed by atoms with Gasteiger partial charge in [0.2, 0.25) is 0 Å². The predicted octanol–water partition coefficient (Wildman–Crippen LogP) is 6.51. The molecule has 3 rings (SSSR count). The van der Waals surface area contributed by atoms with Crippen LogP contribution < -0.4 is 0 Å². The van der Waals surface area contributed by atoms with E-state index in [-0.39, 0.29) is 0 Å². The van der Waals surface area contributed by atoms with Gasteiger partial charge in [0.25, 0.3) is 0 Å². The minimum atomic E-state index is 0.973. The topological polar surface area (TPSA) is 0 Å². The van der Waals surface area contributed by atoms with Crippen LogP contribution >= 0.6 is 0 Å². The Balaban J connectivity index is 1.51. The molecule has 0 aromatic heterocycles. The Morgan fingerprint density at radius 1 is 0.957 bits per heavy atom. The summed E-state index contributed by atoms with van der Waals surface area (Å²) in [6, 6.07) is 9.11. The van der Waals surface area contributed by atoms with E-state index in [0.29, 0.717) is 0 Å². The monoisotopic (exact) mass is 308 g/mol. The third-order valence-corrected chi connectivity index (χ3v) is 6.11. The van der Waals surface area contributed by atoms with Gasteiger partial charge < -0.3 is 0 Å². The number of benzene rings is 1. The van der Waals surface area contributed by atoms with Gasteiger partial charge in [0.05, 0.1) is 0 Å². The van der Waals surface area contributed by atoms with Gasteiger partial charge in [-0.25, -0.2) is 0 Å². The highest BCUT2D eigenvalue weighted by molar-refractivity contribution is 5.28. The van der Waals surface area contributed by atoms with Gasteiger partial charge in [0, 0.05) is 0 Å². The maximum atomic E-state index is 3.81. The first kappa shape index (κ1) is 16.6. The molecule has 0 nitrogen and oxygen atoms in total. The first-order chi connectivity index (χ1) is 11.2. The van der Waals surface area contributed by atoms with E-state index >= 15 is 0 Å². The zero-order valence-corrected chi connectivity index (χ0v) is 14.8. The number of rotatable bonds is 5. The highest BCUT2D eigenvalue weighted by atomic mass is 14.3. The van der Waals surface area contributed by atoms with Crippen molar-refractivity contribution >= 4 is 0 Å². The van der Waals surface area contributed by atoms with Crippen LogP contribution in [0.3, 0.4) is 0 Å². The van der Waals surface area contributed by atoms with Crippen LogP contribution in [-0.4, -0.2) is 0 Å². The van der Waals surface area contributed by atoms with Crippen molar-refractivity contribution in [3.05, 3.63) is 59.7 Å². The molecule has 0 heteroatoms. The lowest BCUT2D eigenvalue weighted by molar-refractivity contribution is 0.199. The molecule has 2 aliphatic rings. The molecule has 1 aromatic carbocycles. The van der Waals surface area contributed by atoms with Crippen molar-refractivity contribution in [2.75, 3.05) is 0 Å². The van der Waals surface area contributed by atoms with Crippen LogP contribution in [0.15, 0.2) is 48.6 Å². The first-order valence-electron chi connectivity index (χ1n) is 9.61. The van der Waals surface area contributed by atoms with Crippen molar-refractivity contribution in [2.24, 2.45) is 17.8 Å². The predicted molar refractivity (Wildman–Crippen MR) is 101 cm³/mol. The summed E-state index contributed by atoms with van der Waals surface area (Å²) in [5, 5.41) is 0. The SMILES string of the molecule is C=CCc1ccc(CC2=CCC(C3CCC(C)CC3)CC2)cc1. The van der Waals surface area contributed by atoms with Crippen LogP contribution in [-0.2, 0) is 12.8 Å². The molecule has 1 fully saturated rings. The van der Waals surface area contributed by atoms with Gasteiger partial charge in [-0.05, 0) is 73.8 Å². The smallest absolute Gasteiger partial charge is 0.00671 e. The molecule has 0 radical (unpaired) electrons. The normalized spacial score (nSPS) is 28.2. The molecule has 1 aromatic rings. The Hall–Kier alpha value is -1.30. The van der Waals surface area contributed by atoms with Gasteiger partial charge in [-0.3, -0.25) is 0 Å².